The van der Waals surface area contributed by atoms with Crippen molar-refractivity contribution in [3.63, 3.8) is 0 Å². The summed E-state index contributed by atoms with van der Waals surface area (Å²) in [6.45, 7) is 2.58. The first kappa shape index (κ1) is 14.9. The Kier molecular flexibility index (Phi) is 3.78. The van der Waals surface area contributed by atoms with Crippen LogP contribution in [0.2, 0.25) is 0 Å². The number of hydrogen-bond acceptors (Lipinski definition) is 3. The molecule has 1 aliphatic carbocycles. The first-order valence-electron chi connectivity index (χ1n) is 8.23. The molecule has 0 aliphatic heterocycles. The zero-order chi connectivity index (χ0) is 16.5. The molecule has 1 aromatic heterocycles. The molecule has 5 nitrogen and oxygen atoms in total. The summed E-state index contributed by atoms with van der Waals surface area (Å²) in [7, 11) is 0. The maximum atomic E-state index is 12.5. The SMILES string of the molecule is CCO[C@@H]1C[C@@H]1C(=O)Nc1nc2ccccc2n1-c1ccccc1. The van der Waals surface area contributed by atoms with E-state index in [1.807, 2.05) is 66.1 Å². The Morgan fingerprint density at radius 1 is 1.21 bits per heavy atom. The Balaban J connectivity index is 1.69. The Morgan fingerprint density at radius 3 is 2.75 bits per heavy atom. The summed E-state index contributed by atoms with van der Waals surface area (Å²) < 4.78 is 7.49. The molecule has 0 spiro atoms. The third-order valence-corrected chi connectivity index (χ3v) is 4.26. The Morgan fingerprint density at radius 2 is 1.96 bits per heavy atom. The molecule has 1 heterocycles. The number of ether oxygens (including phenoxy) is 1. The normalized spacial score (nSPS) is 19.4. The van der Waals surface area contributed by atoms with Gasteiger partial charge in [0, 0.05) is 12.3 Å². The van der Waals surface area contributed by atoms with E-state index in [1.54, 1.807) is 0 Å². The molecule has 2 aromatic carbocycles. The molecule has 1 N–H and O–H groups in total. The number of nitrogens with one attached hydrogen (secondary N) is 1. The third-order valence-electron chi connectivity index (χ3n) is 4.26. The van der Waals surface area contributed by atoms with Gasteiger partial charge in [0.1, 0.15) is 0 Å². The van der Waals surface area contributed by atoms with Gasteiger partial charge in [-0.05, 0) is 37.6 Å². The first-order valence-corrected chi connectivity index (χ1v) is 8.23. The number of imidazole rings is 1. The van der Waals surface area contributed by atoms with Crippen molar-refractivity contribution >= 4 is 22.9 Å². The minimum absolute atomic E-state index is 0.0269. The summed E-state index contributed by atoms with van der Waals surface area (Å²) in [5.74, 6) is 0.449. The number of anilines is 1. The fourth-order valence-corrected chi connectivity index (χ4v) is 3.00. The molecular formula is C19H19N3O2. The molecule has 0 unspecified atom stereocenters. The van der Waals surface area contributed by atoms with Gasteiger partial charge in [-0.2, -0.15) is 0 Å². The summed E-state index contributed by atoms with van der Waals surface area (Å²) >= 11 is 0. The molecule has 0 bridgehead atoms. The van der Waals surface area contributed by atoms with Crippen LogP contribution in [-0.2, 0) is 9.53 Å². The van der Waals surface area contributed by atoms with E-state index in [1.165, 1.54) is 0 Å². The third kappa shape index (κ3) is 2.67. The van der Waals surface area contributed by atoms with Gasteiger partial charge >= 0.3 is 0 Å². The molecule has 122 valence electrons. The summed E-state index contributed by atoms with van der Waals surface area (Å²) in [6, 6.07) is 17.8. The number of nitrogens with zero attached hydrogens (tertiary/aromatic N) is 2. The molecule has 4 rings (SSSR count). The maximum absolute atomic E-state index is 12.5. The molecule has 1 aliphatic rings. The van der Waals surface area contributed by atoms with Crippen molar-refractivity contribution in [2.24, 2.45) is 5.92 Å². The van der Waals surface area contributed by atoms with E-state index >= 15 is 0 Å². The lowest BCUT2D eigenvalue weighted by atomic mass is 10.3. The van der Waals surface area contributed by atoms with E-state index < -0.39 is 0 Å². The molecule has 5 heteroatoms. The van der Waals surface area contributed by atoms with Crippen LogP contribution in [-0.4, -0.2) is 28.2 Å². The van der Waals surface area contributed by atoms with E-state index in [0.717, 1.165) is 23.1 Å². The molecule has 24 heavy (non-hydrogen) atoms. The Hall–Kier alpha value is -2.66. The molecule has 1 amide bonds. The van der Waals surface area contributed by atoms with Crippen LogP contribution in [0.25, 0.3) is 16.7 Å². The Bertz CT molecular complexity index is 873. The predicted octanol–water partition coefficient (Wildman–Crippen LogP) is 3.39. The number of aromatic nitrogens is 2. The van der Waals surface area contributed by atoms with Crippen molar-refractivity contribution in [2.75, 3.05) is 11.9 Å². The van der Waals surface area contributed by atoms with Gasteiger partial charge in [0.2, 0.25) is 11.9 Å². The Labute approximate surface area is 140 Å². The quantitative estimate of drug-likeness (QED) is 0.783. The first-order chi connectivity index (χ1) is 11.8. The van der Waals surface area contributed by atoms with Gasteiger partial charge in [0.15, 0.2) is 0 Å². The van der Waals surface area contributed by atoms with Crippen molar-refractivity contribution in [3.05, 3.63) is 54.6 Å². The summed E-state index contributed by atoms with van der Waals surface area (Å²) in [4.78, 5) is 17.1. The molecular weight excluding hydrogens is 302 g/mol. The lowest BCUT2D eigenvalue weighted by Crippen LogP contribution is -2.19. The summed E-state index contributed by atoms with van der Waals surface area (Å²) in [6.07, 6.45) is 0.829. The summed E-state index contributed by atoms with van der Waals surface area (Å²) in [5, 5.41) is 2.98. The number of carbonyl (C=O) groups is 1. The second-order valence-corrected chi connectivity index (χ2v) is 5.92. The fraction of sp³-hybridized carbons (Fsp3) is 0.263. The standard InChI is InChI=1S/C19H19N3O2/c1-2-24-17-12-14(17)18(23)21-19-20-15-10-6-7-11-16(15)22(19)13-8-4-3-5-9-13/h3-11,14,17H,2,12H2,1H3,(H,20,21,23)/t14-,17+/m0/s1. The second-order valence-electron chi connectivity index (χ2n) is 5.92. The number of para-hydroxylation sites is 3. The van der Waals surface area contributed by atoms with E-state index in [0.29, 0.717) is 12.6 Å². The minimum Gasteiger partial charge on any atom is -0.378 e. The van der Waals surface area contributed by atoms with Crippen LogP contribution >= 0.6 is 0 Å². The van der Waals surface area contributed by atoms with Gasteiger partial charge in [-0.25, -0.2) is 4.98 Å². The highest BCUT2D eigenvalue weighted by Crippen LogP contribution is 2.35. The van der Waals surface area contributed by atoms with Gasteiger partial charge in [-0.15, -0.1) is 0 Å². The van der Waals surface area contributed by atoms with E-state index in [-0.39, 0.29) is 17.9 Å². The zero-order valence-corrected chi connectivity index (χ0v) is 13.5. The molecule has 3 aromatic rings. The number of hydrogen-bond donors (Lipinski definition) is 1. The van der Waals surface area contributed by atoms with Crippen molar-refractivity contribution in [3.8, 4) is 5.69 Å². The van der Waals surface area contributed by atoms with Gasteiger partial charge in [-0.1, -0.05) is 30.3 Å². The van der Waals surface area contributed by atoms with Crippen LogP contribution in [0, 0.1) is 5.92 Å². The lowest BCUT2D eigenvalue weighted by Gasteiger charge is -2.10. The molecule has 2 atom stereocenters. The average Bonchev–Trinajstić information content (AvgIpc) is 3.28. The van der Waals surface area contributed by atoms with E-state index in [9.17, 15) is 4.79 Å². The number of fused-ring (bicyclic) bond motifs is 1. The highest BCUT2D eigenvalue weighted by Gasteiger charge is 2.44. The highest BCUT2D eigenvalue weighted by molar-refractivity contribution is 5.95. The van der Waals surface area contributed by atoms with Crippen LogP contribution in [0.1, 0.15) is 13.3 Å². The molecule has 0 radical (unpaired) electrons. The van der Waals surface area contributed by atoms with Crippen LogP contribution in [0.3, 0.4) is 0 Å². The number of rotatable bonds is 5. The molecule has 1 fully saturated rings. The van der Waals surface area contributed by atoms with Crippen molar-refractivity contribution in [1.82, 2.24) is 9.55 Å². The zero-order valence-electron chi connectivity index (χ0n) is 13.5. The largest absolute Gasteiger partial charge is 0.378 e. The van der Waals surface area contributed by atoms with E-state index in [4.69, 9.17) is 4.74 Å². The van der Waals surface area contributed by atoms with Gasteiger partial charge < -0.3 is 4.74 Å². The van der Waals surface area contributed by atoms with Crippen molar-refractivity contribution in [2.45, 2.75) is 19.4 Å². The predicted molar refractivity (Wildman–Crippen MR) is 93.2 cm³/mol. The van der Waals surface area contributed by atoms with Crippen LogP contribution in [0.15, 0.2) is 54.6 Å². The average molecular weight is 321 g/mol. The molecule has 0 saturated heterocycles. The van der Waals surface area contributed by atoms with Gasteiger partial charge in [0.25, 0.3) is 0 Å². The van der Waals surface area contributed by atoms with Crippen LogP contribution < -0.4 is 5.32 Å². The lowest BCUT2D eigenvalue weighted by molar-refractivity contribution is -0.118. The summed E-state index contributed by atoms with van der Waals surface area (Å²) in [5.41, 5.74) is 2.80. The van der Waals surface area contributed by atoms with E-state index in [2.05, 4.69) is 10.3 Å². The number of benzene rings is 2. The highest BCUT2D eigenvalue weighted by atomic mass is 16.5. The monoisotopic (exact) mass is 321 g/mol. The fourth-order valence-electron chi connectivity index (χ4n) is 3.00. The minimum atomic E-state index is -0.0750. The van der Waals surface area contributed by atoms with Crippen molar-refractivity contribution in [1.29, 1.82) is 0 Å². The van der Waals surface area contributed by atoms with Crippen molar-refractivity contribution < 1.29 is 9.53 Å². The number of amides is 1. The molecule has 1 saturated carbocycles. The van der Waals surface area contributed by atoms with Gasteiger partial charge in [-0.3, -0.25) is 14.7 Å². The van der Waals surface area contributed by atoms with Crippen LogP contribution in [0.4, 0.5) is 5.95 Å². The van der Waals surface area contributed by atoms with Gasteiger partial charge in [0.05, 0.1) is 23.1 Å². The topological polar surface area (TPSA) is 56.1 Å². The number of carbonyl (C=O) groups excluding carboxylic acids is 1. The maximum Gasteiger partial charge on any atom is 0.232 e. The van der Waals surface area contributed by atoms with Crippen LogP contribution in [0.5, 0.6) is 0 Å². The second kappa shape index (κ2) is 6.09. The smallest absolute Gasteiger partial charge is 0.232 e.